The molecule has 4 nitrogen and oxygen atoms in total. The Morgan fingerprint density at radius 1 is 1.40 bits per heavy atom. The molecule has 0 bridgehead atoms. The van der Waals surface area contributed by atoms with Crippen molar-refractivity contribution >= 4 is 24.0 Å². The van der Waals surface area contributed by atoms with Gasteiger partial charge in [0.25, 0.3) is 0 Å². The van der Waals surface area contributed by atoms with E-state index >= 15 is 0 Å². The van der Waals surface area contributed by atoms with Gasteiger partial charge in [-0.1, -0.05) is 18.2 Å². The van der Waals surface area contributed by atoms with Crippen LogP contribution in [0.3, 0.4) is 0 Å². The highest BCUT2D eigenvalue weighted by Gasteiger charge is 2.25. The van der Waals surface area contributed by atoms with Crippen LogP contribution in [0.4, 0.5) is 5.69 Å². The number of hydrogen-bond donors (Lipinski definition) is 1. The van der Waals surface area contributed by atoms with Crippen molar-refractivity contribution in [1.29, 1.82) is 0 Å². The molecular formula is C15H24ClN3O. The fourth-order valence-electron chi connectivity index (χ4n) is 2.65. The topological polar surface area (TPSA) is 49.6 Å². The smallest absolute Gasteiger partial charge is 0.223 e. The van der Waals surface area contributed by atoms with Gasteiger partial charge in [-0.3, -0.25) is 4.79 Å². The third-order valence-corrected chi connectivity index (χ3v) is 3.82. The van der Waals surface area contributed by atoms with Gasteiger partial charge in [0.15, 0.2) is 0 Å². The molecular weight excluding hydrogens is 274 g/mol. The van der Waals surface area contributed by atoms with Crippen molar-refractivity contribution in [3.05, 3.63) is 30.3 Å². The van der Waals surface area contributed by atoms with Crippen molar-refractivity contribution < 1.29 is 4.79 Å². The molecule has 5 heteroatoms. The summed E-state index contributed by atoms with van der Waals surface area (Å²) in [5.41, 5.74) is 6.70. The van der Waals surface area contributed by atoms with E-state index in [9.17, 15) is 4.79 Å². The van der Waals surface area contributed by atoms with Gasteiger partial charge >= 0.3 is 0 Å². The van der Waals surface area contributed by atoms with Gasteiger partial charge in [0.1, 0.15) is 0 Å². The first-order valence-corrected chi connectivity index (χ1v) is 6.98. The molecule has 0 radical (unpaired) electrons. The number of nitrogens with two attached hydrogens (primary N) is 1. The molecule has 1 aromatic carbocycles. The zero-order valence-corrected chi connectivity index (χ0v) is 12.8. The molecule has 0 spiro atoms. The van der Waals surface area contributed by atoms with Crippen molar-refractivity contribution in [2.45, 2.75) is 25.3 Å². The molecule has 1 fully saturated rings. The van der Waals surface area contributed by atoms with Crippen LogP contribution in [-0.2, 0) is 4.79 Å². The number of amides is 1. The van der Waals surface area contributed by atoms with E-state index in [1.165, 1.54) is 5.69 Å². The molecule has 1 aliphatic rings. The average Bonchev–Trinajstić information content (AvgIpc) is 2.48. The molecule has 1 heterocycles. The molecule has 1 amide bonds. The van der Waals surface area contributed by atoms with E-state index in [1.807, 2.05) is 18.0 Å². The van der Waals surface area contributed by atoms with Gasteiger partial charge in [-0.2, -0.15) is 0 Å². The van der Waals surface area contributed by atoms with Crippen LogP contribution in [0.5, 0.6) is 0 Å². The van der Waals surface area contributed by atoms with Gasteiger partial charge < -0.3 is 15.5 Å². The van der Waals surface area contributed by atoms with E-state index in [-0.39, 0.29) is 18.3 Å². The summed E-state index contributed by atoms with van der Waals surface area (Å²) >= 11 is 0. The quantitative estimate of drug-likeness (QED) is 0.923. The number of benzene rings is 1. The lowest BCUT2D eigenvalue weighted by molar-refractivity contribution is -0.131. The zero-order chi connectivity index (χ0) is 13.7. The second kappa shape index (κ2) is 8.12. The van der Waals surface area contributed by atoms with Gasteiger partial charge in [0.2, 0.25) is 5.91 Å². The van der Waals surface area contributed by atoms with E-state index in [1.54, 1.807) is 0 Å². The maximum Gasteiger partial charge on any atom is 0.223 e. The fraction of sp³-hybridized carbons (Fsp3) is 0.533. The summed E-state index contributed by atoms with van der Waals surface area (Å²) in [6.45, 7) is 2.41. The van der Waals surface area contributed by atoms with Crippen molar-refractivity contribution in [2.75, 3.05) is 31.6 Å². The number of para-hydroxylation sites is 1. The van der Waals surface area contributed by atoms with E-state index < -0.39 is 0 Å². The summed E-state index contributed by atoms with van der Waals surface area (Å²) in [6.07, 6.45) is 2.65. The standard InChI is InChI=1S/C15H23N3O.ClH/c1-17(15(19)9-10-16)14-8-5-11-18(12-14)13-6-3-2-4-7-13;/h2-4,6-7,14H,5,8-12,16H2,1H3;1H. The molecule has 0 aliphatic carbocycles. The molecule has 1 aliphatic heterocycles. The second-order valence-corrected chi connectivity index (χ2v) is 5.12. The monoisotopic (exact) mass is 297 g/mol. The molecule has 0 saturated carbocycles. The normalized spacial score (nSPS) is 18.3. The molecule has 112 valence electrons. The molecule has 20 heavy (non-hydrogen) atoms. The third-order valence-electron chi connectivity index (χ3n) is 3.82. The Balaban J connectivity index is 0.00000200. The number of halogens is 1. The lowest BCUT2D eigenvalue weighted by Crippen LogP contribution is -2.48. The van der Waals surface area contributed by atoms with Crippen LogP contribution >= 0.6 is 12.4 Å². The highest BCUT2D eigenvalue weighted by atomic mass is 35.5. The maximum absolute atomic E-state index is 11.9. The molecule has 1 aromatic rings. The van der Waals surface area contributed by atoms with Crippen LogP contribution < -0.4 is 10.6 Å². The number of carbonyl (C=O) groups is 1. The molecule has 0 aromatic heterocycles. The Morgan fingerprint density at radius 2 is 2.10 bits per heavy atom. The number of rotatable bonds is 4. The largest absolute Gasteiger partial charge is 0.369 e. The first-order valence-electron chi connectivity index (χ1n) is 6.98. The van der Waals surface area contributed by atoms with Crippen LogP contribution in [0, 0.1) is 0 Å². The Labute approximate surface area is 127 Å². The number of anilines is 1. The van der Waals surface area contributed by atoms with Crippen LogP contribution in [0.2, 0.25) is 0 Å². The number of likely N-dealkylation sites (N-methyl/N-ethyl adjacent to an activating group) is 1. The Kier molecular flexibility index (Phi) is 6.82. The number of hydrogen-bond acceptors (Lipinski definition) is 3. The van der Waals surface area contributed by atoms with Crippen molar-refractivity contribution in [1.82, 2.24) is 4.90 Å². The van der Waals surface area contributed by atoms with Crippen molar-refractivity contribution in [3.63, 3.8) is 0 Å². The van der Waals surface area contributed by atoms with Crippen molar-refractivity contribution in [3.8, 4) is 0 Å². The third kappa shape index (κ3) is 4.12. The molecule has 1 unspecified atom stereocenters. The summed E-state index contributed by atoms with van der Waals surface area (Å²) in [4.78, 5) is 16.2. The fourth-order valence-corrected chi connectivity index (χ4v) is 2.65. The van der Waals surface area contributed by atoms with E-state index in [4.69, 9.17) is 5.73 Å². The summed E-state index contributed by atoms with van der Waals surface area (Å²) in [7, 11) is 1.90. The summed E-state index contributed by atoms with van der Waals surface area (Å²) in [5, 5.41) is 0. The molecule has 2 rings (SSSR count). The molecule has 1 saturated heterocycles. The van der Waals surface area contributed by atoms with Crippen LogP contribution in [0.15, 0.2) is 30.3 Å². The predicted octanol–water partition coefficient (Wildman–Crippen LogP) is 1.88. The van der Waals surface area contributed by atoms with Crippen LogP contribution in [-0.4, -0.2) is 43.5 Å². The lowest BCUT2D eigenvalue weighted by atomic mass is 10.0. The van der Waals surface area contributed by atoms with Gasteiger partial charge in [-0.05, 0) is 25.0 Å². The molecule has 2 N–H and O–H groups in total. The van der Waals surface area contributed by atoms with Gasteiger partial charge in [-0.25, -0.2) is 0 Å². The number of piperidine rings is 1. The molecule has 1 atom stereocenters. The predicted molar refractivity (Wildman–Crippen MR) is 85.4 cm³/mol. The van der Waals surface area contributed by atoms with Crippen molar-refractivity contribution in [2.24, 2.45) is 5.73 Å². The summed E-state index contributed by atoms with van der Waals surface area (Å²) in [6, 6.07) is 10.7. The SMILES string of the molecule is CN(C(=O)CCN)C1CCCN(c2ccccc2)C1.Cl. The Morgan fingerprint density at radius 3 is 2.75 bits per heavy atom. The van der Waals surface area contributed by atoms with Gasteiger partial charge in [0.05, 0.1) is 0 Å². The van der Waals surface area contributed by atoms with E-state index in [0.717, 1.165) is 25.9 Å². The summed E-state index contributed by atoms with van der Waals surface area (Å²) in [5.74, 6) is 0.155. The first kappa shape index (κ1) is 16.8. The minimum absolute atomic E-state index is 0. The van der Waals surface area contributed by atoms with Crippen LogP contribution in [0.1, 0.15) is 19.3 Å². The van der Waals surface area contributed by atoms with Crippen LogP contribution in [0.25, 0.3) is 0 Å². The highest BCUT2D eigenvalue weighted by Crippen LogP contribution is 2.21. The average molecular weight is 298 g/mol. The maximum atomic E-state index is 11.9. The Hall–Kier alpha value is -1.26. The summed E-state index contributed by atoms with van der Waals surface area (Å²) < 4.78 is 0. The van der Waals surface area contributed by atoms with E-state index in [0.29, 0.717) is 19.0 Å². The first-order chi connectivity index (χ1) is 9.22. The van der Waals surface area contributed by atoms with Gasteiger partial charge in [-0.15, -0.1) is 12.4 Å². The lowest BCUT2D eigenvalue weighted by Gasteiger charge is -2.38. The Bertz CT molecular complexity index is 413. The van der Waals surface area contributed by atoms with E-state index in [2.05, 4.69) is 29.2 Å². The minimum atomic E-state index is 0. The van der Waals surface area contributed by atoms with Gasteiger partial charge in [0, 0.05) is 44.8 Å². The zero-order valence-electron chi connectivity index (χ0n) is 12.0. The number of carbonyl (C=O) groups excluding carboxylic acids is 1. The highest BCUT2D eigenvalue weighted by molar-refractivity contribution is 5.85. The number of nitrogens with zero attached hydrogens (tertiary/aromatic N) is 2. The second-order valence-electron chi connectivity index (χ2n) is 5.12. The minimum Gasteiger partial charge on any atom is -0.369 e.